The Bertz CT molecular complexity index is 991. The van der Waals surface area contributed by atoms with Gasteiger partial charge in [-0.2, -0.15) is 15.0 Å². The number of fused-ring (bicyclic) bond motifs is 2. The van der Waals surface area contributed by atoms with Crippen LogP contribution in [0, 0.1) is 11.3 Å². The molecule has 3 aromatic rings. The lowest BCUT2D eigenvalue weighted by molar-refractivity contribution is 0.0893. The molecule has 0 unspecified atom stereocenters. The molecule has 0 spiro atoms. The molecule has 0 bridgehead atoms. The van der Waals surface area contributed by atoms with Crippen LogP contribution in [0.4, 0.5) is 17.2 Å². The Labute approximate surface area is 154 Å². The first-order valence-electron chi connectivity index (χ1n) is 8.09. The van der Waals surface area contributed by atoms with Crippen molar-refractivity contribution in [2.24, 2.45) is 0 Å². The van der Waals surface area contributed by atoms with Gasteiger partial charge in [0.2, 0.25) is 0 Å². The summed E-state index contributed by atoms with van der Waals surface area (Å²) in [6, 6.07) is 18.2. The van der Waals surface area contributed by atoms with Gasteiger partial charge in [-0.3, -0.25) is 4.79 Å². The van der Waals surface area contributed by atoms with Gasteiger partial charge in [-0.15, -0.1) is 0 Å². The molecule has 26 heavy (non-hydrogen) atoms. The first kappa shape index (κ1) is 16.2. The third-order valence-electron chi connectivity index (χ3n) is 4.24. The maximum atomic E-state index is 12.5. The van der Waals surface area contributed by atoms with Crippen molar-refractivity contribution in [3.8, 4) is 6.07 Å². The van der Waals surface area contributed by atoms with Crippen LogP contribution in [0.5, 0.6) is 0 Å². The van der Waals surface area contributed by atoms with E-state index in [0.717, 1.165) is 25.8 Å². The summed E-state index contributed by atoms with van der Waals surface area (Å²) in [7, 11) is 0. The zero-order chi connectivity index (χ0) is 18.1. The molecule has 0 saturated carbocycles. The highest BCUT2D eigenvalue weighted by Crippen LogP contribution is 2.47. The summed E-state index contributed by atoms with van der Waals surface area (Å²) in [6.45, 7) is 0.495. The molecule has 1 aromatic heterocycles. The van der Waals surface area contributed by atoms with E-state index < -0.39 is 0 Å². The fourth-order valence-corrected chi connectivity index (χ4v) is 4.07. The van der Waals surface area contributed by atoms with E-state index in [1.807, 2.05) is 30.3 Å². The fraction of sp³-hybridized carbons (Fsp3) is 0.105. The molecule has 0 fully saturated rings. The Morgan fingerprint density at radius 2 is 1.73 bits per heavy atom. The number of nitrogens with zero attached hydrogens (tertiary/aromatic N) is 4. The third kappa shape index (κ3) is 2.70. The Hall–Kier alpha value is -3.24. The van der Waals surface area contributed by atoms with E-state index in [2.05, 4.69) is 34.3 Å². The second-order valence-corrected chi connectivity index (χ2v) is 6.88. The average molecular weight is 361 g/mol. The van der Waals surface area contributed by atoms with Crippen molar-refractivity contribution in [2.45, 2.75) is 16.2 Å². The highest BCUT2D eigenvalue weighted by atomic mass is 32.2. The number of hydrogen-bond acceptors (Lipinski definition) is 6. The highest BCUT2D eigenvalue weighted by molar-refractivity contribution is 7.99. The van der Waals surface area contributed by atoms with E-state index in [0.29, 0.717) is 6.54 Å². The number of aromatic nitrogens is 2. The Morgan fingerprint density at radius 1 is 1.12 bits per heavy atom. The summed E-state index contributed by atoms with van der Waals surface area (Å²) in [5.41, 5.74) is 8.19. The zero-order valence-corrected chi connectivity index (χ0v) is 14.6. The van der Waals surface area contributed by atoms with Gasteiger partial charge >= 0.3 is 0 Å². The molecule has 4 rings (SSSR count). The van der Waals surface area contributed by atoms with E-state index in [1.54, 1.807) is 11.8 Å². The van der Waals surface area contributed by atoms with Crippen molar-refractivity contribution < 1.29 is 4.79 Å². The van der Waals surface area contributed by atoms with Crippen molar-refractivity contribution in [3.05, 3.63) is 60.3 Å². The van der Waals surface area contributed by atoms with Crippen LogP contribution in [0.25, 0.3) is 0 Å². The van der Waals surface area contributed by atoms with Crippen LogP contribution in [0.15, 0.2) is 64.5 Å². The lowest BCUT2D eigenvalue weighted by Gasteiger charge is -2.32. The Balaban J connectivity index is 1.61. The molecule has 0 radical (unpaired) electrons. The molecule has 2 N–H and O–H groups in total. The van der Waals surface area contributed by atoms with Crippen LogP contribution in [0.1, 0.15) is 16.8 Å². The topological polar surface area (TPSA) is 87.9 Å². The summed E-state index contributed by atoms with van der Waals surface area (Å²) in [4.78, 5) is 17.0. The first-order valence-corrected chi connectivity index (χ1v) is 8.91. The second kappa shape index (κ2) is 6.58. The zero-order valence-electron chi connectivity index (χ0n) is 13.8. The van der Waals surface area contributed by atoms with Crippen LogP contribution in [0.2, 0.25) is 0 Å². The van der Waals surface area contributed by atoms with Crippen LogP contribution in [-0.2, 0) is 0 Å². The Morgan fingerprint density at radius 3 is 2.31 bits per heavy atom. The number of benzene rings is 2. The number of nitriles is 1. The first-order chi connectivity index (χ1) is 12.7. The number of rotatable bonds is 3. The lowest BCUT2D eigenvalue weighted by Crippen LogP contribution is -2.26. The van der Waals surface area contributed by atoms with Crippen molar-refractivity contribution in [2.75, 3.05) is 17.2 Å². The van der Waals surface area contributed by atoms with Crippen LogP contribution >= 0.6 is 11.8 Å². The lowest BCUT2D eigenvalue weighted by atomic mass is 10.2. The standard InChI is InChI=1S/C19H15N5OS/c20-11-13-12-22-24(19(13)21)18(25)9-10-23-14-5-1-3-7-16(14)26-17-8-4-2-6-15(17)23/h1-8,12H,9-10,21H2. The summed E-state index contributed by atoms with van der Waals surface area (Å²) >= 11 is 1.73. The number of anilines is 3. The molecule has 6 nitrogen and oxygen atoms in total. The van der Waals surface area contributed by atoms with Crippen molar-refractivity contribution in [1.29, 1.82) is 5.26 Å². The van der Waals surface area contributed by atoms with Crippen molar-refractivity contribution >= 4 is 34.9 Å². The number of carbonyl (C=O) groups excluding carboxylic acids is 1. The van der Waals surface area contributed by atoms with Crippen molar-refractivity contribution in [1.82, 2.24) is 9.78 Å². The van der Waals surface area contributed by atoms with Gasteiger partial charge in [-0.1, -0.05) is 36.0 Å². The molecule has 1 aliphatic rings. The molecule has 2 heterocycles. The van der Waals surface area contributed by atoms with Crippen LogP contribution < -0.4 is 10.6 Å². The van der Waals surface area contributed by atoms with Gasteiger partial charge < -0.3 is 10.6 Å². The van der Waals surface area contributed by atoms with E-state index in [-0.39, 0.29) is 23.7 Å². The fourth-order valence-electron chi connectivity index (χ4n) is 2.98. The van der Waals surface area contributed by atoms with Gasteiger partial charge in [-0.25, -0.2) is 0 Å². The largest absolute Gasteiger partial charge is 0.382 e. The van der Waals surface area contributed by atoms with E-state index in [9.17, 15) is 4.79 Å². The summed E-state index contributed by atoms with van der Waals surface area (Å²) < 4.78 is 1.11. The SMILES string of the molecule is N#Cc1cnn(C(=O)CCN2c3ccccc3Sc3ccccc32)c1N. The third-order valence-corrected chi connectivity index (χ3v) is 5.37. The molecular weight excluding hydrogens is 346 g/mol. The number of hydrogen-bond donors (Lipinski definition) is 1. The van der Waals surface area contributed by atoms with Crippen LogP contribution in [0.3, 0.4) is 0 Å². The Kier molecular flexibility index (Phi) is 4.11. The number of nitrogen functional groups attached to an aromatic ring is 1. The smallest absolute Gasteiger partial charge is 0.250 e. The van der Waals surface area contributed by atoms with Gasteiger partial charge in [0.05, 0.1) is 17.6 Å². The minimum absolute atomic E-state index is 0.0903. The molecule has 0 aliphatic carbocycles. The van der Waals surface area contributed by atoms with Crippen molar-refractivity contribution in [3.63, 3.8) is 0 Å². The summed E-state index contributed by atoms with van der Waals surface area (Å²) in [6.07, 6.45) is 1.54. The minimum Gasteiger partial charge on any atom is -0.382 e. The molecule has 0 amide bonds. The average Bonchev–Trinajstić information content (AvgIpc) is 3.05. The summed E-state index contributed by atoms with van der Waals surface area (Å²) in [5.74, 6) is -0.148. The molecule has 128 valence electrons. The normalized spacial score (nSPS) is 12.2. The van der Waals surface area contributed by atoms with Gasteiger partial charge in [0.1, 0.15) is 17.5 Å². The van der Waals surface area contributed by atoms with Gasteiger partial charge in [-0.05, 0) is 24.3 Å². The quantitative estimate of drug-likeness (QED) is 0.766. The van der Waals surface area contributed by atoms with Gasteiger partial charge in [0.25, 0.3) is 5.91 Å². The van der Waals surface area contributed by atoms with Gasteiger partial charge in [0, 0.05) is 22.8 Å². The van der Waals surface area contributed by atoms with E-state index in [1.165, 1.54) is 6.20 Å². The number of para-hydroxylation sites is 2. The molecule has 2 aromatic carbocycles. The molecule has 7 heteroatoms. The molecule has 0 saturated heterocycles. The van der Waals surface area contributed by atoms with E-state index >= 15 is 0 Å². The molecular formula is C19H15N5OS. The predicted molar refractivity (Wildman–Crippen MR) is 101 cm³/mol. The second-order valence-electron chi connectivity index (χ2n) is 5.80. The highest BCUT2D eigenvalue weighted by Gasteiger charge is 2.24. The number of nitrogens with two attached hydrogens (primary N) is 1. The number of carbonyl (C=O) groups is 1. The monoisotopic (exact) mass is 361 g/mol. The molecule has 1 aliphatic heterocycles. The van der Waals surface area contributed by atoms with E-state index in [4.69, 9.17) is 11.0 Å². The van der Waals surface area contributed by atoms with Gasteiger partial charge in [0.15, 0.2) is 0 Å². The maximum Gasteiger partial charge on any atom is 0.250 e. The van der Waals surface area contributed by atoms with Crippen LogP contribution in [-0.4, -0.2) is 22.2 Å². The maximum absolute atomic E-state index is 12.5. The minimum atomic E-state index is -0.239. The summed E-state index contributed by atoms with van der Waals surface area (Å²) in [5, 5.41) is 12.9. The molecule has 0 atom stereocenters. The predicted octanol–water partition coefficient (Wildman–Crippen LogP) is 3.67.